The first-order chi connectivity index (χ1) is 9.56. The van der Waals surface area contributed by atoms with E-state index in [4.69, 9.17) is 10.5 Å². The van der Waals surface area contributed by atoms with Gasteiger partial charge in [0.2, 0.25) is 11.8 Å². The van der Waals surface area contributed by atoms with Crippen molar-refractivity contribution in [3.63, 3.8) is 0 Å². The summed E-state index contributed by atoms with van der Waals surface area (Å²) >= 11 is 0. The number of benzene rings is 1. The Balaban J connectivity index is 2.43. The summed E-state index contributed by atoms with van der Waals surface area (Å²) in [5.74, 6) is -0.417. The molecule has 0 bridgehead atoms. The quantitative estimate of drug-likeness (QED) is 0.759. The van der Waals surface area contributed by atoms with Gasteiger partial charge in [-0.15, -0.1) is 0 Å². The van der Waals surface area contributed by atoms with E-state index in [1.807, 2.05) is 18.2 Å². The van der Waals surface area contributed by atoms with Crippen molar-refractivity contribution in [2.24, 2.45) is 5.73 Å². The first kappa shape index (κ1) is 16.1. The van der Waals surface area contributed by atoms with E-state index in [9.17, 15) is 9.59 Å². The zero-order chi connectivity index (χ0) is 15.0. The van der Waals surface area contributed by atoms with Gasteiger partial charge in [0.05, 0.1) is 19.1 Å². The van der Waals surface area contributed by atoms with Crippen LogP contribution in [-0.2, 0) is 14.3 Å². The van der Waals surface area contributed by atoms with Gasteiger partial charge in [0.25, 0.3) is 0 Å². The molecule has 0 radical (unpaired) electrons. The molecule has 110 valence electrons. The molecule has 0 aliphatic heterocycles. The molecule has 20 heavy (non-hydrogen) atoms. The molecule has 0 fully saturated rings. The molecule has 0 saturated carbocycles. The Hall–Kier alpha value is -1.92. The van der Waals surface area contributed by atoms with E-state index in [-0.39, 0.29) is 37.4 Å². The van der Waals surface area contributed by atoms with Crippen LogP contribution in [0.4, 0.5) is 5.69 Å². The fourth-order valence-corrected chi connectivity index (χ4v) is 1.64. The van der Waals surface area contributed by atoms with Gasteiger partial charge < -0.3 is 20.7 Å². The molecule has 2 amide bonds. The number of nitrogens with zero attached hydrogens (tertiary/aromatic N) is 1. The third-order valence-electron chi connectivity index (χ3n) is 2.86. The maximum atomic E-state index is 11.9. The topological polar surface area (TPSA) is 84.7 Å². The normalized spacial score (nSPS) is 11.8. The van der Waals surface area contributed by atoms with Crippen LogP contribution in [0.15, 0.2) is 30.3 Å². The Bertz CT molecular complexity index is 433. The number of anilines is 1. The maximum absolute atomic E-state index is 11.9. The van der Waals surface area contributed by atoms with Crippen LogP contribution in [0.5, 0.6) is 0 Å². The molecule has 3 N–H and O–H groups in total. The molecule has 1 rings (SSSR count). The zero-order valence-corrected chi connectivity index (χ0v) is 11.8. The molecular weight excluding hydrogens is 258 g/mol. The number of carbonyl (C=O) groups is 2. The van der Waals surface area contributed by atoms with E-state index in [2.05, 4.69) is 5.32 Å². The number of nitrogens with one attached hydrogen (secondary N) is 1. The third kappa shape index (κ3) is 5.38. The average molecular weight is 279 g/mol. The van der Waals surface area contributed by atoms with Crippen LogP contribution in [0.3, 0.4) is 0 Å². The van der Waals surface area contributed by atoms with Gasteiger partial charge in [-0.25, -0.2) is 0 Å². The smallest absolute Gasteiger partial charge is 0.243 e. The SMILES string of the molecule is COC(CN)CC(=O)N(C)CC(=O)Nc1ccccc1. The first-order valence-electron chi connectivity index (χ1n) is 6.38. The number of hydrogen-bond acceptors (Lipinski definition) is 4. The fourth-order valence-electron chi connectivity index (χ4n) is 1.64. The van der Waals surface area contributed by atoms with Gasteiger partial charge in [-0.2, -0.15) is 0 Å². The predicted octanol–water partition coefficient (Wildman–Crippen LogP) is 0.447. The van der Waals surface area contributed by atoms with Crippen LogP contribution in [0.1, 0.15) is 6.42 Å². The Morgan fingerprint density at radius 3 is 2.55 bits per heavy atom. The number of hydrogen-bond donors (Lipinski definition) is 2. The van der Waals surface area contributed by atoms with Crippen molar-refractivity contribution < 1.29 is 14.3 Å². The van der Waals surface area contributed by atoms with Crippen molar-refractivity contribution in [2.75, 3.05) is 32.6 Å². The molecule has 6 heteroatoms. The largest absolute Gasteiger partial charge is 0.380 e. The van der Waals surface area contributed by atoms with Crippen molar-refractivity contribution in [2.45, 2.75) is 12.5 Å². The summed E-state index contributed by atoms with van der Waals surface area (Å²) < 4.78 is 5.05. The molecule has 0 spiro atoms. The Labute approximate surface area is 118 Å². The highest BCUT2D eigenvalue weighted by Gasteiger charge is 2.17. The molecule has 0 saturated heterocycles. The minimum Gasteiger partial charge on any atom is -0.380 e. The Morgan fingerprint density at radius 1 is 1.35 bits per heavy atom. The summed E-state index contributed by atoms with van der Waals surface area (Å²) in [6.07, 6.45) is -0.149. The summed E-state index contributed by atoms with van der Waals surface area (Å²) in [4.78, 5) is 25.0. The van der Waals surface area contributed by atoms with Crippen molar-refractivity contribution in [1.82, 2.24) is 4.90 Å². The number of nitrogens with two attached hydrogens (primary N) is 1. The molecule has 0 heterocycles. The number of likely N-dealkylation sites (N-methyl/N-ethyl adjacent to an activating group) is 1. The molecule has 0 aliphatic carbocycles. The summed E-state index contributed by atoms with van der Waals surface area (Å²) in [5.41, 5.74) is 6.16. The highest BCUT2D eigenvalue weighted by Crippen LogP contribution is 2.05. The van der Waals surface area contributed by atoms with Crippen LogP contribution in [-0.4, -0.2) is 50.1 Å². The van der Waals surface area contributed by atoms with Crippen LogP contribution in [0.25, 0.3) is 0 Å². The highest BCUT2D eigenvalue weighted by atomic mass is 16.5. The van der Waals surface area contributed by atoms with Gasteiger partial charge in [0, 0.05) is 26.4 Å². The summed E-state index contributed by atoms with van der Waals surface area (Å²) in [6, 6.07) is 9.09. The lowest BCUT2D eigenvalue weighted by molar-refractivity contribution is -0.135. The van der Waals surface area contributed by atoms with Gasteiger partial charge in [0.1, 0.15) is 0 Å². The van der Waals surface area contributed by atoms with Gasteiger partial charge in [-0.1, -0.05) is 18.2 Å². The molecular formula is C14H21N3O3. The third-order valence-corrected chi connectivity index (χ3v) is 2.86. The van der Waals surface area contributed by atoms with Crippen molar-refractivity contribution in [3.05, 3.63) is 30.3 Å². The number of ether oxygens (including phenoxy) is 1. The molecule has 1 atom stereocenters. The minimum atomic E-state index is -0.317. The van der Waals surface area contributed by atoms with Crippen LogP contribution < -0.4 is 11.1 Å². The fraction of sp³-hybridized carbons (Fsp3) is 0.429. The zero-order valence-electron chi connectivity index (χ0n) is 11.8. The summed E-state index contributed by atoms with van der Waals surface area (Å²) in [7, 11) is 3.09. The second kappa shape index (κ2) is 8.29. The van der Waals surface area contributed by atoms with Crippen molar-refractivity contribution in [1.29, 1.82) is 0 Å². The van der Waals surface area contributed by atoms with E-state index in [1.54, 1.807) is 19.2 Å². The van der Waals surface area contributed by atoms with E-state index < -0.39 is 0 Å². The lowest BCUT2D eigenvalue weighted by Gasteiger charge is -2.19. The van der Waals surface area contributed by atoms with Gasteiger partial charge in [-0.05, 0) is 12.1 Å². The number of carbonyl (C=O) groups excluding carboxylic acids is 2. The van der Waals surface area contributed by atoms with E-state index >= 15 is 0 Å². The predicted molar refractivity (Wildman–Crippen MR) is 77.2 cm³/mol. The molecule has 0 aromatic heterocycles. The molecule has 1 aromatic rings. The lowest BCUT2D eigenvalue weighted by Crippen LogP contribution is -2.38. The maximum Gasteiger partial charge on any atom is 0.243 e. The summed E-state index contributed by atoms with van der Waals surface area (Å²) in [6.45, 7) is 0.265. The van der Waals surface area contributed by atoms with Crippen molar-refractivity contribution in [3.8, 4) is 0 Å². The monoisotopic (exact) mass is 279 g/mol. The molecule has 1 unspecified atom stereocenters. The van der Waals surface area contributed by atoms with Gasteiger partial charge in [-0.3, -0.25) is 9.59 Å². The molecule has 0 aliphatic rings. The van der Waals surface area contributed by atoms with E-state index in [0.717, 1.165) is 0 Å². The number of para-hydroxylation sites is 1. The van der Waals surface area contributed by atoms with Gasteiger partial charge >= 0.3 is 0 Å². The van der Waals surface area contributed by atoms with Crippen molar-refractivity contribution >= 4 is 17.5 Å². The Morgan fingerprint density at radius 2 is 2.00 bits per heavy atom. The first-order valence-corrected chi connectivity index (χ1v) is 6.38. The average Bonchev–Trinajstić information content (AvgIpc) is 2.45. The van der Waals surface area contributed by atoms with E-state index in [0.29, 0.717) is 5.69 Å². The number of methoxy groups -OCH3 is 1. The second-order valence-corrected chi connectivity index (χ2v) is 4.46. The standard InChI is InChI=1S/C14H21N3O3/c1-17(14(19)8-12(9-15)20-2)10-13(18)16-11-6-4-3-5-7-11/h3-7,12H,8-10,15H2,1-2H3,(H,16,18). The molecule has 6 nitrogen and oxygen atoms in total. The van der Waals surface area contributed by atoms with E-state index in [1.165, 1.54) is 12.0 Å². The highest BCUT2D eigenvalue weighted by molar-refractivity contribution is 5.94. The molecule has 1 aromatic carbocycles. The lowest BCUT2D eigenvalue weighted by atomic mass is 10.2. The van der Waals surface area contributed by atoms with Crippen LogP contribution in [0, 0.1) is 0 Å². The second-order valence-electron chi connectivity index (χ2n) is 4.46. The van der Waals surface area contributed by atoms with Crippen LogP contribution >= 0.6 is 0 Å². The van der Waals surface area contributed by atoms with Gasteiger partial charge in [0.15, 0.2) is 0 Å². The van der Waals surface area contributed by atoms with Crippen LogP contribution in [0.2, 0.25) is 0 Å². The number of amides is 2. The number of rotatable bonds is 7. The minimum absolute atomic E-state index is 0.00522. The summed E-state index contributed by atoms with van der Waals surface area (Å²) in [5, 5.41) is 2.72. The Kier molecular flexibility index (Phi) is 6.69.